The van der Waals surface area contributed by atoms with E-state index in [1.54, 1.807) is 18.2 Å². The monoisotopic (exact) mass is 439 g/mol. The zero-order valence-electron chi connectivity index (χ0n) is 18.1. The quantitative estimate of drug-likeness (QED) is 0.342. The number of rotatable bonds is 5. The van der Waals surface area contributed by atoms with Crippen LogP contribution in [0.5, 0.6) is 0 Å². The van der Waals surface area contributed by atoms with Crippen molar-refractivity contribution in [2.24, 2.45) is 0 Å². The zero-order valence-corrected chi connectivity index (χ0v) is 18.1. The molecule has 3 amide bonds. The van der Waals surface area contributed by atoms with Crippen molar-refractivity contribution in [2.75, 3.05) is 0 Å². The lowest BCUT2D eigenvalue weighted by atomic mass is 10.1. The van der Waals surface area contributed by atoms with E-state index in [-0.39, 0.29) is 24.0 Å². The summed E-state index contributed by atoms with van der Waals surface area (Å²) in [6.45, 7) is 2.51. The first-order chi connectivity index (χ1) is 16.0. The van der Waals surface area contributed by atoms with Crippen LogP contribution in [0, 0.1) is 12.7 Å². The predicted molar refractivity (Wildman–Crippen MR) is 126 cm³/mol. The molecule has 1 N–H and O–H groups in total. The predicted octanol–water partition coefficient (Wildman–Crippen LogP) is 5.23. The van der Waals surface area contributed by atoms with Crippen molar-refractivity contribution in [3.05, 3.63) is 113 Å². The van der Waals surface area contributed by atoms with Gasteiger partial charge < -0.3 is 9.88 Å². The Balaban J connectivity index is 1.53. The van der Waals surface area contributed by atoms with E-state index < -0.39 is 6.03 Å². The molecule has 1 aliphatic heterocycles. The van der Waals surface area contributed by atoms with Gasteiger partial charge in [0, 0.05) is 27.7 Å². The van der Waals surface area contributed by atoms with Crippen molar-refractivity contribution in [3.8, 4) is 0 Å². The van der Waals surface area contributed by atoms with Crippen LogP contribution in [0.25, 0.3) is 17.0 Å². The molecule has 4 aromatic rings. The van der Waals surface area contributed by atoms with Crippen LogP contribution in [0.2, 0.25) is 0 Å². The van der Waals surface area contributed by atoms with Crippen LogP contribution in [0.4, 0.5) is 9.18 Å². The molecule has 0 bridgehead atoms. The van der Waals surface area contributed by atoms with E-state index in [4.69, 9.17) is 0 Å². The number of hydrogen-bond acceptors (Lipinski definition) is 2. The van der Waals surface area contributed by atoms with Crippen molar-refractivity contribution in [1.82, 2.24) is 14.8 Å². The summed E-state index contributed by atoms with van der Waals surface area (Å²) >= 11 is 0. The maximum absolute atomic E-state index is 14.3. The van der Waals surface area contributed by atoms with E-state index in [2.05, 4.69) is 5.32 Å². The van der Waals surface area contributed by atoms with Crippen LogP contribution in [-0.4, -0.2) is 21.4 Å². The molecule has 0 aliphatic carbocycles. The van der Waals surface area contributed by atoms with E-state index in [0.717, 1.165) is 27.7 Å². The third-order valence-corrected chi connectivity index (χ3v) is 6.00. The van der Waals surface area contributed by atoms with Crippen LogP contribution in [0.1, 0.15) is 22.4 Å². The molecule has 5 nitrogen and oxygen atoms in total. The van der Waals surface area contributed by atoms with Gasteiger partial charge in [-0.25, -0.2) is 9.18 Å². The van der Waals surface area contributed by atoms with Gasteiger partial charge in [0.15, 0.2) is 0 Å². The molecule has 0 radical (unpaired) electrons. The number of aromatic nitrogens is 1. The molecule has 1 saturated heterocycles. The largest absolute Gasteiger partial charge is 0.340 e. The lowest BCUT2D eigenvalue weighted by Crippen LogP contribution is -2.30. The fourth-order valence-electron chi connectivity index (χ4n) is 4.27. The maximum Gasteiger partial charge on any atom is 0.329 e. The highest BCUT2D eigenvalue weighted by Crippen LogP contribution is 2.30. The Bertz CT molecular complexity index is 1410. The number of para-hydroxylation sites is 1. The average molecular weight is 439 g/mol. The first kappa shape index (κ1) is 20.7. The summed E-state index contributed by atoms with van der Waals surface area (Å²) in [5.74, 6) is -0.626. The minimum atomic E-state index is -0.442. The zero-order chi connectivity index (χ0) is 22.9. The summed E-state index contributed by atoms with van der Waals surface area (Å²) in [5, 5.41) is 3.64. The Kier molecular flexibility index (Phi) is 5.26. The molecule has 164 valence electrons. The van der Waals surface area contributed by atoms with Gasteiger partial charge in [-0.3, -0.25) is 9.69 Å². The Hall–Kier alpha value is -4.19. The topological polar surface area (TPSA) is 54.3 Å². The van der Waals surface area contributed by atoms with Crippen molar-refractivity contribution >= 4 is 28.9 Å². The third kappa shape index (κ3) is 3.80. The normalized spacial score (nSPS) is 15.0. The van der Waals surface area contributed by atoms with E-state index in [1.165, 1.54) is 11.0 Å². The average Bonchev–Trinajstić information content (AvgIpc) is 3.24. The van der Waals surface area contributed by atoms with E-state index in [9.17, 15) is 14.0 Å². The Morgan fingerprint density at radius 1 is 0.879 bits per heavy atom. The number of urea groups is 1. The molecular weight excluding hydrogens is 417 g/mol. The minimum Gasteiger partial charge on any atom is -0.340 e. The van der Waals surface area contributed by atoms with Gasteiger partial charge in [0.25, 0.3) is 5.91 Å². The first-order valence-electron chi connectivity index (χ1n) is 10.7. The van der Waals surface area contributed by atoms with E-state index >= 15 is 0 Å². The van der Waals surface area contributed by atoms with Gasteiger partial charge in [0.2, 0.25) is 0 Å². The molecule has 3 aromatic carbocycles. The number of amides is 3. The molecule has 1 aliphatic rings. The number of halogens is 1. The highest BCUT2D eigenvalue weighted by Gasteiger charge is 2.34. The van der Waals surface area contributed by atoms with E-state index in [1.807, 2.05) is 72.2 Å². The van der Waals surface area contributed by atoms with Gasteiger partial charge in [0.1, 0.15) is 11.5 Å². The number of nitrogens with zero attached hydrogens (tertiary/aromatic N) is 2. The summed E-state index contributed by atoms with van der Waals surface area (Å²) in [6, 6.07) is 23.5. The van der Waals surface area contributed by atoms with Crippen LogP contribution >= 0.6 is 0 Å². The van der Waals surface area contributed by atoms with Gasteiger partial charge in [-0.15, -0.1) is 0 Å². The van der Waals surface area contributed by atoms with Crippen molar-refractivity contribution in [3.63, 3.8) is 0 Å². The lowest BCUT2D eigenvalue weighted by Gasteiger charge is -2.11. The van der Waals surface area contributed by atoms with Crippen molar-refractivity contribution < 1.29 is 14.0 Å². The molecule has 1 fully saturated rings. The number of imide groups is 1. The summed E-state index contributed by atoms with van der Waals surface area (Å²) in [7, 11) is 0. The molecule has 5 rings (SSSR count). The molecule has 0 spiro atoms. The smallest absolute Gasteiger partial charge is 0.329 e. The van der Waals surface area contributed by atoms with Crippen molar-refractivity contribution in [1.29, 1.82) is 0 Å². The number of fused-ring (bicyclic) bond motifs is 1. The van der Waals surface area contributed by atoms with Crippen molar-refractivity contribution in [2.45, 2.75) is 20.0 Å². The standard InChI is InChI=1S/C27H22FN3O2/c1-18-22(15-24-26(32)31(27(33)29-24)16-19-9-3-2-4-10-19)21-12-6-8-14-25(21)30(18)17-20-11-5-7-13-23(20)28/h2-15H,16-17H2,1H3,(H,29,33)/b24-15+. The number of hydrogen-bond donors (Lipinski definition) is 1. The number of benzene rings is 3. The number of carbonyl (C=O) groups is 2. The molecule has 0 unspecified atom stereocenters. The molecular formula is C27H22FN3O2. The first-order valence-corrected chi connectivity index (χ1v) is 10.7. The molecule has 0 atom stereocenters. The maximum atomic E-state index is 14.3. The second kappa shape index (κ2) is 8.39. The van der Waals surface area contributed by atoms with Gasteiger partial charge in [-0.2, -0.15) is 0 Å². The fourth-order valence-corrected chi connectivity index (χ4v) is 4.27. The van der Waals surface area contributed by atoms with Crippen LogP contribution in [0.3, 0.4) is 0 Å². The molecule has 6 heteroatoms. The summed E-state index contributed by atoms with van der Waals surface area (Å²) in [5.41, 5.74) is 4.33. The third-order valence-electron chi connectivity index (χ3n) is 6.00. The molecule has 0 saturated carbocycles. The lowest BCUT2D eigenvalue weighted by molar-refractivity contribution is -0.123. The van der Waals surface area contributed by atoms with Crippen LogP contribution in [0.15, 0.2) is 84.6 Å². The number of nitrogens with one attached hydrogen (secondary N) is 1. The van der Waals surface area contributed by atoms with E-state index in [0.29, 0.717) is 12.1 Å². The molecule has 1 aromatic heterocycles. The summed E-state index contributed by atoms with van der Waals surface area (Å²) < 4.78 is 16.4. The second-order valence-electron chi connectivity index (χ2n) is 8.06. The summed E-state index contributed by atoms with van der Waals surface area (Å²) in [4.78, 5) is 26.8. The number of carbonyl (C=O) groups excluding carboxylic acids is 2. The second-order valence-corrected chi connectivity index (χ2v) is 8.06. The highest BCUT2D eigenvalue weighted by atomic mass is 19.1. The van der Waals surface area contributed by atoms with Crippen LogP contribution in [-0.2, 0) is 17.9 Å². The van der Waals surface area contributed by atoms with Crippen LogP contribution < -0.4 is 5.32 Å². The molecule has 33 heavy (non-hydrogen) atoms. The fraction of sp³-hybridized carbons (Fsp3) is 0.111. The van der Waals surface area contributed by atoms with Gasteiger partial charge in [0.05, 0.1) is 13.1 Å². The minimum absolute atomic E-state index is 0.205. The van der Waals surface area contributed by atoms with Gasteiger partial charge >= 0.3 is 6.03 Å². The molecule has 2 heterocycles. The van der Waals surface area contributed by atoms with Gasteiger partial charge in [-0.05, 0) is 30.7 Å². The highest BCUT2D eigenvalue weighted by molar-refractivity contribution is 6.14. The SMILES string of the molecule is Cc1c(/C=C2/NC(=O)N(Cc3ccccc3)C2=O)c2ccccc2n1Cc1ccccc1F. The summed E-state index contributed by atoms with van der Waals surface area (Å²) in [6.07, 6.45) is 1.72. The Morgan fingerprint density at radius 3 is 2.36 bits per heavy atom. The van der Waals surface area contributed by atoms with Gasteiger partial charge in [-0.1, -0.05) is 66.7 Å². The Morgan fingerprint density at radius 2 is 1.58 bits per heavy atom. The Labute approximate surface area is 190 Å².